The molecule has 1 aromatic heterocycles. The smallest absolute Gasteiger partial charge is 0.108 e. The standard InChI is InChI=1S/C12H11O/c1-10-7-12(13-9-10)8-11-5-3-2-4-6-11/h2-7,9H,1,8H2/i1D. The monoisotopic (exact) mass is 172 g/mol. The van der Waals surface area contributed by atoms with Gasteiger partial charge in [0.2, 0.25) is 0 Å². The molecule has 13 heavy (non-hydrogen) atoms. The van der Waals surface area contributed by atoms with E-state index in [2.05, 4.69) is 12.1 Å². The van der Waals surface area contributed by atoms with Crippen LogP contribution in [0, 0.1) is 6.90 Å². The Morgan fingerprint density at radius 2 is 2.15 bits per heavy atom. The van der Waals surface area contributed by atoms with Gasteiger partial charge in [-0.05, 0) is 24.1 Å². The molecular weight excluding hydrogens is 160 g/mol. The first kappa shape index (κ1) is 6.96. The molecule has 0 saturated heterocycles. The van der Waals surface area contributed by atoms with Crippen LogP contribution < -0.4 is 0 Å². The van der Waals surface area contributed by atoms with Gasteiger partial charge in [-0.3, -0.25) is 0 Å². The number of rotatable bonds is 3. The molecule has 1 nitrogen and oxygen atoms in total. The zero-order chi connectivity index (χ0) is 9.80. The van der Waals surface area contributed by atoms with Gasteiger partial charge in [0.25, 0.3) is 0 Å². The Bertz CT molecular complexity index is 392. The Hall–Kier alpha value is -1.50. The van der Waals surface area contributed by atoms with Crippen LogP contribution in [0.4, 0.5) is 0 Å². The van der Waals surface area contributed by atoms with Gasteiger partial charge in [-0.25, -0.2) is 0 Å². The lowest BCUT2D eigenvalue weighted by Crippen LogP contribution is -1.83. The summed E-state index contributed by atoms with van der Waals surface area (Å²) in [6.07, 6.45) is 2.39. The van der Waals surface area contributed by atoms with E-state index in [1.807, 2.05) is 24.3 Å². The number of hydrogen-bond acceptors (Lipinski definition) is 1. The normalized spacial score (nSPS) is 11.2. The van der Waals surface area contributed by atoms with Crippen molar-refractivity contribution in [3.05, 3.63) is 66.4 Å². The first-order valence-corrected chi connectivity index (χ1v) is 4.21. The minimum absolute atomic E-state index is 0.786. The summed E-state index contributed by atoms with van der Waals surface area (Å²) in [5.74, 6) is 0.898. The number of benzene rings is 1. The fraction of sp³-hybridized carbons (Fsp3) is 0.0833. The van der Waals surface area contributed by atoms with Gasteiger partial charge in [-0.15, -0.1) is 0 Å². The maximum atomic E-state index is 7.05. The predicted molar refractivity (Wildman–Crippen MR) is 52.4 cm³/mol. The van der Waals surface area contributed by atoms with Gasteiger partial charge in [0, 0.05) is 7.79 Å². The minimum atomic E-state index is 0.786. The molecular formula is C12H11O. The lowest BCUT2D eigenvalue weighted by atomic mass is 10.1. The molecule has 0 N–H and O–H groups in total. The van der Waals surface area contributed by atoms with Gasteiger partial charge in [0.1, 0.15) is 5.76 Å². The highest BCUT2D eigenvalue weighted by Crippen LogP contribution is 2.11. The third-order valence-electron chi connectivity index (χ3n) is 1.90. The molecule has 0 aliphatic carbocycles. The van der Waals surface area contributed by atoms with Crippen molar-refractivity contribution >= 4 is 0 Å². The summed E-state index contributed by atoms with van der Waals surface area (Å²) in [7, 11) is 0. The van der Waals surface area contributed by atoms with Gasteiger partial charge in [-0.1, -0.05) is 30.3 Å². The summed E-state index contributed by atoms with van der Waals surface area (Å²) in [6, 6.07) is 12.0. The van der Waals surface area contributed by atoms with Gasteiger partial charge in [0.05, 0.1) is 6.26 Å². The molecule has 65 valence electrons. The van der Waals surface area contributed by atoms with Crippen molar-refractivity contribution in [1.82, 2.24) is 0 Å². The average Bonchev–Trinajstić information content (AvgIpc) is 2.67. The second-order valence-corrected chi connectivity index (χ2v) is 3.01. The maximum absolute atomic E-state index is 7.05. The summed E-state index contributed by atoms with van der Waals surface area (Å²) >= 11 is 0. The molecule has 1 radical (unpaired) electrons. The fourth-order valence-corrected chi connectivity index (χ4v) is 1.29. The van der Waals surface area contributed by atoms with Crippen LogP contribution in [0.3, 0.4) is 0 Å². The molecule has 0 aliphatic rings. The third kappa shape index (κ3) is 2.00. The van der Waals surface area contributed by atoms with Crippen LogP contribution in [-0.4, -0.2) is 0 Å². The van der Waals surface area contributed by atoms with E-state index in [4.69, 9.17) is 5.79 Å². The molecule has 1 aromatic carbocycles. The minimum Gasteiger partial charge on any atom is -0.469 e. The van der Waals surface area contributed by atoms with Crippen LogP contribution in [0.1, 0.15) is 18.3 Å². The molecule has 1 heteroatoms. The van der Waals surface area contributed by atoms with Gasteiger partial charge >= 0.3 is 0 Å². The SMILES string of the molecule is [2H][CH]c1coc(Cc2ccccc2)c1. The molecule has 0 saturated carbocycles. The third-order valence-corrected chi connectivity index (χ3v) is 1.90. The van der Waals surface area contributed by atoms with Crippen molar-refractivity contribution in [3.63, 3.8) is 0 Å². The lowest BCUT2D eigenvalue weighted by Gasteiger charge is -1.95. The van der Waals surface area contributed by atoms with Crippen LogP contribution in [-0.2, 0) is 6.42 Å². The van der Waals surface area contributed by atoms with Crippen molar-refractivity contribution in [3.8, 4) is 0 Å². The van der Waals surface area contributed by atoms with Crippen LogP contribution in [0.25, 0.3) is 0 Å². The van der Waals surface area contributed by atoms with E-state index in [0.29, 0.717) is 0 Å². The second kappa shape index (κ2) is 3.48. The van der Waals surface area contributed by atoms with Crippen molar-refractivity contribution < 1.29 is 5.79 Å². The maximum Gasteiger partial charge on any atom is 0.108 e. The topological polar surface area (TPSA) is 13.1 Å². The fourth-order valence-electron chi connectivity index (χ4n) is 1.29. The van der Waals surface area contributed by atoms with Crippen LogP contribution >= 0.6 is 0 Å². The molecule has 0 aliphatic heterocycles. The van der Waals surface area contributed by atoms with Crippen LogP contribution in [0.15, 0.2) is 47.1 Å². The largest absolute Gasteiger partial charge is 0.469 e. The summed E-state index contributed by atoms with van der Waals surface area (Å²) in [4.78, 5) is 0. The highest BCUT2D eigenvalue weighted by atomic mass is 16.3. The molecule has 2 rings (SSSR count). The Morgan fingerprint density at radius 1 is 1.31 bits per heavy atom. The highest BCUT2D eigenvalue weighted by Gasteiger charge is 1.99. The van der Waals surface area contributed by atoms with Gasteiger partial charge in [-0.2, -0.15) is 0 Å². The van der Waals surface area contributed by atoms with E-state index in [0.717, 1.165) is 17.7 Å². The van der Waals surface area contributed by atoms with Crippen LogP contribution in [0.2, 0.25) is 0 Å². The van der Waals surface area contributed by atoms with E-state index >= 15 is 0 Å². The van der Waals surface area contributed by atoms with E-state index in [-0.39, 0.29) is 0 Å². The average molecular weight is 172 g/mol. The van der Waals surface area contributed by atoms with E-state index in [1.54, 1.807) is 6.26 Å². The molecule has 0 bridgehead atoms. The Morgan fingerprint density at radius 3 is 2.85 bits per heavy atom. The highest BCUT2D eigenvalue weighted by molar-refractivity contribution is 5.23. The molecule has 0 atom stereocenters. The van der Waals surface area contributed by atoms with Gasteiger partial charge in [0.15, 0.2) is 0 Å². The Labute approximate surface area is 79.4 Å². The van der Waals surface area contributed by atoms with E-state index in [9.17, 15) is 0 Å². The van der Waals surface area contributed by atoms with Crippen LogP contribution in [0.5, 0.6) is 0 Å². The summed E-state index contributed by atoms with van der Waals surface area (Å²) in [6.45, 7) is 1.29. The number of furan rings is 1. The molecule has 1 heterocycles. The molecule has 0 amide bonds. The molecule has 2 aromatic rings. The van der Waals surface area contributed by atoms with E-state index in [1.165, 1.54) is 12.5 Å². The summed E-state index contributed by atoms with van der Waals surface area (Å²) in [5.41, 5.74) is 2.04. The first-order valence-electron chi connectivity index (χ1n) is 4.79. The Balaban J connectivity index is 2.11. The summed E-state index contributed by atoms with van der Waals surface area (Å²) < 4.78 is 12.4. The Kier molecular flexibility index (Phi) is 1.86. The predicted octanol–water partition coefficient (Wildman–Crippen LogP) is 3.05. The van der Waals surface area contributed by atoms with Gasteiger partial charge < -0.3 is 4.42 Å². The van der Waals surface area contributed by atoms with Crippen molar-refractivity contribution in [2.75, 3.05) is 0 Å². The first-order chi connectivity index (χ1) is 6.88. The van der Waals surface area contributed by atoms with Crippen molar-refractivity contribution in [2.24, 2.45) is 0 Å². The lowest BCUT2D eigenvalue weighted by molar-refractivity contribution is 0.520. The quantitative estimate of drug-likeness (QED) is 0.693. The molecule has 0 unspecified atom stereocenters. The zero-order valence-electron chi connectivity index (χ0n) is 8.23. The molecule has 0 fully saturated rings. The van der Waals surface area contributed by atoms with Crippen molar-refractivity contribution in [1.29, 1.82) is 0 Å². The summed E-state index contributed by atoms with van der Waals surface area (Å²) in [5, 5.41) is 0. The molecule has 0 spiro atoms. The second-order valence-electron chi connectivity index (χ2n) is 3.01. The number of hydrogen-bond donors (Lipinski definition) is 0. The zero-order valence-corrected chi connectivity index (χ0v) is 7.23. The van der Waals surface area contributed by atoms with E-state index < -0.39 is 0 Å². The van der Waals surface area contributed by atoms with Crippen molar-refractivity contribution in [2.45, 2.75) is 6.42 Å².